The first-order valence-corrected chi connectivity index (χ1v) is 6.32. The summed E-state index contributed by atoms with van der Waals surface area (Å²) in [6.45, 7) is 0.846. The van der Waals surface area contributed by atoms with Crippen LogP contribution in [-0.2, 0) is 20.9 Å². The molecule has 3 N–H and O–H groups in total. The van der Waals surface area contributed by atoms with Crippen LogP contribution in [0.15, 0.2) is 18.7 Å². The van der Waals surface area contributed by atoms with Crippen molar-refractivity contribution >= 4 is 18.0 Å². The van der Waals surface area contributed by atoms with Gasteiger partial charge in [-0.15, -0.1) is 0 Å². The molecule has 9 heteroatoms. The molecule has 0 spiro atoms. The Morgan fingerprint density at radius 2 is 2.19 bits per heavy atom. The normalized spacial score (nSPS) is 11.5. The number of urea groups is 1. The summed E-state index contributed by atoms with van der Waals surface area (Å²) in [6, 6.07) is -1.75. The number of esters is 1. The van der Waals surface area contributed by atoms with E-state index in [1.54, 1.807) is 23.3 Å². The first-order valence-electron chi connectivity index (χ1n) is 6.32. The van der Waals surface area contributed by atoms with E-state index in [0.29, 0.717) is 13.1 Å². The molecule has 1 aromatic heterocycles. The third-order valence-corrected chi connectivity index (χ3v) is 2.68. The molecular formula is C12H18N4O5. The van der Waals surface area contributed by atoms with Gasteiger partial charge in [-0.05, 0) is 6.42 Å². The van der Waals surface area contributed by atoms with Crippen LogP contribution in [0.3, 0.4) is 0 Å². The number of methoxy groups -OCH3 is 1. The molecule has 1 rings (SSSR count). The third-order valence-electron chi connectivity index (χ3n) is 2.68. The molecule has 0 aromatic carbocycles. The summed E-state index contributed by atoms with van der Waals surface area (Å²) >= 11 is 0. The number of carboxylic acids is 1. The van der Waals surface area contributed by atoms with Crippen LogP contribution in [0, 0.1) is 0 Å². The van der Waals surface area contributed by atoms with E-state index in [1.165, 1.54) is 7.11 Å². The highest BCUT2D eigenvalue weighted by molar-refractivity contribution is 5.83. The zero-order chi connectivity index (χ0) is 15.7. The molecule has 0 saturated carbocycles. The van der Waals surface area contributed by atoms with Gasteiger partial charge in [-0.1, -0.05) is 0 Å². The largest absolute Gasteiger partial charge is 0.480 e. The summed E-state index contributed by atoms with van der Waals surface area (Å²) in [5, 5.41) is 13.8. The van der Waals surface area contributed by atoms with Gasteiger partial charge in [-0.3, -0.25) is 4.79 Å². The van der Waals surface area contributed by atoms with E-state index in [9.17, 15) is 14.4 Å². The zero-order valence-corrected chi connectivity index (χ0v) is 11.6. The number of carbonyl (C=O) groups is 3. The number of nitrogens with zero attached hydrogens (tertiary/aromatic N) is 2. The molecule has 116 valence electrons. The average Bonchev–Trinajstić information content (AvgIpc) is 2.95. The fourth-order valence-electron chi connectivity index (χ4n) is 1.55. The first kappa shape index (κ1) is 16.5. The van der Waals surface area contributed by atoms with Crippen molar-refractivity contribution in [1.29, 1.82) is 0 Å². The minimum atomic E-state index is -1.20. The Balaban J connectivity index is 2.31. The lowest BCUT2D eigenvalue weighted by molar-refractivity contribution is -0.142. The Morgan fingerprint density at radius 3 is 2.76 bits per heavy atom. The molecule has 21 heavy (non-hydrogen) atoms. The Labute approximate surface area is 121 Å². The fraction of sp³-hybridized carbons (Fsp3) is 0.500. The van der Waals surface area contributed by atoms with E-state index < -0.39 is 24.0 Å². The minimum Gasteiger partial charge on any atom is -0.480 e. The molecule has 1 atom stereocenters. The highest BCUT2D eigenvalue weighted by atomic mass is 16.5. The highest BCUT2D eigenvalue weighted by Crippen LogP contribution is 1.99. The number of ether oxygens (including phenoxy) is 1. The van der Waals surface area contributed by atoms with E-state index in [1.807, 2.05) is 0 Å². The van der Waals surface area contributed by atoms with Crippen molar-refractivity contribution in [3.63, 3.8) is 0 Å². The summed E-state index contributed by atoms with van der Waals surface area (Å²) in [5.41, 5.74) is 0. The van der Waals surface area contributed by atoms with Crippen LogP contribution in [0.5, 0.6) is 0 Å². The monoisotopic (exact) mass is 298 g/mol. The molecule has 0 aliphatic heterocycles. The number of carboxylic acid groups (broad SMARTS) is 1. The van der Waals surface area contributed by atoms with Gasteiger partial charge in [0.05, 0.1) is 13.4 Å². The molecule has 0 unspecified atom stereocenters. The first-order chi connectivity index (χ1) is 10.0. The van der Waals surface area contributed by atoms with Gasteiger partial charge in [0.1, 0.15) is 6.04 Å². The van der Waals surface area contributed by atoms with E-state index in [0.717, 1.165) is 0 Å². The second-order valence-electron chi connectivity index (χ2n) is 4.21. The van der Waals surface area contributed by atoms with Crippen molar-refractivity contribution < 1.29 is 24.2 Å². The zero-order valence-electron chi connectivity index (χ0n) is 11.6. The number of aromatic nitrogens is 2. The molecule has 1 heterocycles. The number of rotatable bonds is 8. The standard InChI is InChI=1S/C12H18N4O5/c1-21-10(17)3-2-9(11(18)19)15-12(20)14-5-7-16-6-4-13-8-16/h4,6,8-9H,2-3,5,7H2,1H3,(H,18,19)(H2,14,15,20)/t9-/m0/s1. The second-order valence-corrected chi connectivity index (χ2v) is 4.21. The number of imidazole rings is 1. The predicted octanol–water partition coefficient (Wildman–Crippen LogP) is -0.411. The van der Waals surface area contributed by atoms with Gasteiger partial charge in [0.25, 0.3) is 0 Å². The summed E-state index contributed by atoms with van der Waals surface area (Å²) in [5.74, 6) is -1.73. The maximum absolute atomic E-state index is 11.6. The Hall–Kier alpha value is -2.58. The predicted molar refractivity (Wildman–Crippen MR) is 71.4 cm³/mol. The molecule has 2 amide bonds. The maximum atomic E-state index is 11.6. The van der Waals surface area contributed by atoms with Crippen molar-refractivity contribution in [3.05, 3.63) is 18.7 Å². The maximum Gasteiger partial charge on any atom is 0.326 e. The molecule has 0 aliphatic carbocycles. The smallest absolute Gasteiger partial charge is 0.326 e. The van der Waals surface area contributed by atoms with Crippen LogP contribution in [-0.4, -0.2) is 52.3 Å². The quantitative estimate of drug-likeness (QED) is 0.561. The van der Waals surface area contributed by atoms with Crippen molar-refractivity contribution in [2.75, 3.05) is 13.7 Å². The SMILES string of the molecule is COC(=O)CC[C@H](NC(=O)NCCn1ccnc1)C(=O)O. The Bertz CT molecular complexity index is 474. The van der Waals surface area contributed by atoms with Crippen molar-refractivity contribution in [2.45, 2.75) is 25.4 Å². The van der Waals surface area contributed by atoms with E-state index in [4.69, 9.17) is 5.11 Å². The van der Waals surface area contributed by atoms with Crippen molar-refractivity contribution in [3.8, 4) is 0 Å². The molecular weight excluding hydrogens is 280 g/mol. The van der Waals surface area contributed by atoms with Gasteiger partial charge < -0.3 is 25.0 Å². The number of hydrogen-bond donors (Lipinski definition) is 3. The van der Waals surface area contributed by atoms with Gasteiger partial charge in [-0.25, -0.2) is 14.6 Å². The number of aliphatic carboxylic acids is 1. The number of hydrogen-bond acceptors (Lipinski definition) is 5. The van der Waals surface area contributed by atoms with Crippen molar-refractivity contribution in [1.82, 2.24) is 20.2 Å². The molecule has 0 fully saturated rings. The van der Waals surface area contributed by atoms with Gasteiger partial charge in [-0.2, -0.15) is 0 Å². The van der Waals surface area contributed by atoms with Crippen LogP contribution in [0.1, 0.15) is 12.8 Å². The lowest BCUT2D eigenvalue weighted by atomic mass is 10.1. The number of carbonyl (C=O) groups excluding carboxylic acids is 2. The molecule has 0 saturated heterocycles. The van der Waals surface area contributed by atoms with Crippen LogP contribution < -0.4 is 10.6 Å². The molecule has 1 aromatic rings. The van der Waals surface area contributed by atoms with E-state index in [2.05, 4.69) is 20.4 Å². The van der Waals surface area contributed by atoms with Gasteiger partial charge >= 0.3 is 18.0 Å². The summed E-state index contributed by atoms with van der Waals surface area (Å²) in [4.78, 5) is 37.4. The van der Waals surface area contributed by atoms with Crippen molar-refractivity contribution in [2.24, 2.45) is 0 Å². The second kappa shape index (κ2) is 8.56. The highest BCUT2D eigenvalue weighted by Gasteiger charge is 2.20. The van der Waals surface area contributed by atoms with Crippen LogP contribution in [0.2, 0.25) is 0 Å². The van der Waals surface area contributed by atoms with Gasteiger partial charge in [0.2, 0.25) is 0 Å². The van der Waals surface area contributed by atoms with Crippen LogP contribution in [0.4, 0.5) is 4.79 Å². The Morgan fingerprint density at radius 1 is 1.43 bits per heavy atom. The summed E-state index contributed by atoms with van der Waals surface area (Å²) in [6.07, 6.45) is 4.86. The lowest BCUT2D eigenvalue weighted by Gasteiger charge is -2.14. The number of amides is 2. The topological polar surface area (TPSA) is 123 Å². The fourth-order valence-corrected chi connectivity index (χ4v) is 1.55. The Kier molecular flexibility index (Phi) is 6.72. The molecule has 0 aliphatic rings. The van der Waals surface area contributed by atoms with Crippen LogP contribution in [0.25, 0.3) is 0 Å². The van der Waals surface area contributed by atoms with Crippen LogP contribution >= 0.6 is 0 Å². The lowest BCUT2D eigenvalue weighted by Crippen LogP contribution is -2.46. The molecule has 9 nitrogen and oxygen atoms in total. The van der Waals surface area contributed by atoms with Gasteiger partial charge in [0, 0.05) is 31.9 Å². The third kappa shape index (κ3) is 6.41. The minimum absolute atomic E-state index is 0.0308. The summed E-state index contributed by atoms with van der Waals surface area (Å²) in [7, 11) is 1.22. The number of nitrogens with one attached hydrogen (secondary N) is 2. The van der Waals surface area contributed by atoms with E-state index in [-0.39, 0.29) is 12.8 Å². The molecule has 0 bridgehead atoms. The van der Waals surface area contributed by atoms with Gasteiger partial charge in [0.15, 0.2) is 0 Å². The van der Waals surface area contributed by atoms with E-state index >= 15 is 0 Å². The average molecular weight is 298 g/mol. The molecule has 0 radical (unpaired) electrons. The summed E-state index contributed by atoms with van der Waals surface area (Å²) < 4.78 is 6.19.